The number of phenols is 3. The molecule has 2 heterocycles. The molecule has 6 atom stereocenters. The maximum Gasteiger partial charge on any atom is 0.200 e. The zero-order valence-electron chi connectivity index (χ0n) is 30.7. The van der Waals surface area contributed by atoms with E-state index in [0.29, 0.717) is 49.4 Å². The Bertz CT molecular complexity index is 1960. The van der Waals surface area contributed by atoms with Gasteiger partial charge in [0.2, 0.25) is 5.75 Å². The van der Waals surface area contributed by atoms with E-state index in [1.165, 1.54) is 20.3 Å². The summed E-state index contributed by atoms with van der Waals surface area (Å²) in [6, 6.07) is 21.9. The number of carbonyl (C=O) groups is 1. The van der Waals surface area contributed by atoms with Crippen LogP contribution in [0.15, 0.2) is 103 Å². The zero-order chi connectivity index (χ0) is 38.4. The van der Waals surface area contributed by atoms with Crippen LogP contribution in [0.3, 0.4) is 0 Å². The van der Waals surface area contributed by atoms with Crippen LogP contribution in [-0.2, 0) is 30.5 Å². The fourth-order valence-corrected chi connectivity index (χ4v) is 8.96. The van der Waals surface area contributed by atoms with E-state index >= 15 is 4.79 Å². The summed E-state index contributed by atoms with van der Waals surface area (Å²) in [7, 11) is 2.86. The summed E-state index contributed by atoms with van der Waals surface area (Å²) in [5.41, 5.74) is 9.56. The number of aromatic hydroxyl groups is 3. The van der Waals surface area contributed by atoms with E-state index in [4.69, 9.17) is 15.2 Å². The van der Waals surface area contributed by atoms with Gasteiger partial charge in [-0.15, -0.1) is 0 Å². The number of ketones is 1. The van der Waals surface area contributed by atoms with E-state index < -0.39 is 29.5 Å². The third-order valence-corrected chi connectivity index (χ3v) is 11.4. The summed E-state index contributed by atoms with van der Waals surface area (Å²) >= 11 is 0. The van der Waals surface area contributed by atoms with E-state index in [1.807, 2.05) is 60.8 Å². The fourth-order valence-electron chi connectivity index (χ4n) is 8.96. The van der Waals surface area contributed by atoms with Crippen LogP contribution in [-0.4, -0.2) is 69.3 Å². The minimum atomic E-state index is -1.17. The number of H-pyrrole nitrogens is 1. The molecule has 6 unspecified atom stereocenters. The number of aliphatic hydroxyl groups excluding tert-OH is 2. The van der Waals surface area contributed by atoms with Crippen LogP contribution < -0.4 is 20.5 Å². The van der Waals surface area contributed by atoms with Crippen molar-refractivity contribution >= 4 is 5.78 Å². The molecule has 0 bridgehead atoms. The normalized spacial score (nSPS) is 22.1. The topological polar surface area (TPSA) is 191 Å². The number of dihydropyridines is 1. The molecule has 0 saturated heterocycles. The number of rotatable bonds is 16. The number of aryl methyl sites for hydroxylation is 2. The highest BCUT2D eigenvalue weighted by Gasteiger charge is 2.62. The first-order chi connectivity index (χ1) is 26.0. The maximum atomic E-state index is 15.2. The molecule has 1 aliphatic carbocycles. The number of aromatic nitrogens is 1. The summed E-state index contributed by atoms with van der Waals surface area (Å²) in [5, 5.41) is 58.9. The lowest BCUT2D eigenvalue weighted by molar-refractivity contribution is -0.136. The first kappa shape index (κ1) is 38.3. The smallest absolute Gasteiger partial charge is 0.200 e. The van der Waals surface area contributed by atoms with Gasteiger partial charge in [0.15, 0.2) is 23.0 Å². The van der Waals surface area contributed by atoms with Crippen molar-refractivity contribution in [2.75, 3.05) is 20.8 Å². The standard InChI is InChI=1S/C43H51N3O8/c1-53-38-21-27(10-13-33(38)47)11-14-34(48)41(35(49)15-12-28-20-37(51)42(52)39(22-28)54-2)43(29-16-18-46-40(44)24-29)30(19-26-7-4-3-5-8-26)23-36(50)32(43)25-31-9-6-17-45-31/h3-10,13,16-17,20-22,24,30,32,34,36,41,45-48,50-52H,11-12,14-15,18-19,23,25,44H2,1-2H3. The Balaban J connectivity index is 1.50. The average Bonchev–Trinajstić information content (AvgIpc) is 3.78. The van der Waals surface area contributed by atoms with Crippen LogP contribution in [0.2, 0.25) is 0 Å². The fraction of sp³-hybridized carbons (Fsp3) is 0.372. The molecule has 286 valence electrons. The van der Waals surface area contributed by atoms with Crippen LogP contribution >= 0.6 is 0 Å². The number of nitrogens with one attached hydrogen (secondary N) is 2. The van der Waals surface area contributed by atoms with Crippen molar-refractivity contribution in [2.45, 2.75) is 57.2 Å². The second-order valence-electron chi connectivity index (χ2n) is 14.5. The van der Waals surface area contributed by atoms with Crippen LogP contribution in [0.25, 0.3) is 0 Å². The van der Waals surface area contributed by atoms with E-state index in [-0.39, 0.29) is 54.0 Å². The monoisotopic (exact) mass is 737 g/mol. The summed E-state index contributed by atoms with van der Waals surface area (Å²) in [6.45, 7) is 0.416. The van der Waals surface area contributed by atoms with Gasteiger partial charge in [-0.05, 0) is 109 Å². The third-order valence-electron chi connectivity index (χ3n) is 11.4. The first-order valence-corrected chi connectivity index (χ1v) is 18.5. The lowest BCUT2D eigenvalue weighted by Crippen LogP contribution is -2.53. The molecule has 0 amide bonds. The Morgan fingerprint density at radius 3 is 2.37 bits per heavy atom. The largest absolute Gasteiger partial charge is 0.504 e. The quantitative estimate of drug-likeness (QED) is 0.0722. The Morgan fingerprint density at radius 1 is 0.907 bits per heavy atom. The molecule has 6 rings (SSSR count). The van der Waals surface area contributed by atoms with Crippen molar-refractivity contribution in [2.24, 2.45) is 28.9 Å². The number of aromatic amines is 1. The molecule has 0 spiro atoms. The van der Waals surface area contributed by atoms with Crippen molar-refractivity contribution in [3.8, 4) is 28.7 Å². The number of Topliss-reactive ketones (excluding diaryl/α,β-unsaturated/α-hetero) is 1. The van der Waals surface area contributed by atoms with Gasteiger partial charge in [-0.25, -0.2) is 0 Å². The number of methoxy groups -OCH3 is 2. The Morgan fingerprint density at radius 2 is 1.67 bits per heavy atom. The average molecular weight is 738 g/mol. The van der Waals surface area contributed by atoms with Gasteiger partial charge < -0.3 is 51.0 Å². The molecule has 1 fully saturated rings. The highest BCUT2D eigenvalue weighted by molar-refractivity contribution is 5.84. The number of nitrogens with two attached hydrogens (primary N) is 1. The van der Waals surface area contributed by atoms with E-state index in [0.717, 1.165) is 22.4 Å². The van der Waals surface area contributed by atoms with Crippen molar-refractivity contribution in [1.82, 2.24) is 10.3 Å². The Hall–Kier alpha value is -5.39. The van der Waals surface area contributed by atoms with Crippen LogP contribution in [0.5, 0.6) is 28.7 Å². The number of phenolic OH excluding ortho intramolecular Hbond substituents is 3. The molecule has 54 heavy (non-hydrogen) atoms. The molecule has 1 aromatic heterocycles. The van der Waals surface area contributed by atoms with Crippen molar-refractivity contribution in [3.05, 3.63) is 125 Å². The number of benzene rings is 3. The number of hydrogen-bond acceptors (Lipinski definition) is 10. The van der Waals surface area contributed by atoms with Crippen molar-refractivity contribution in [1.29, 1.82) is 0 Å². The van der Waals surface area contributed by atoms with Crippen LogP contribution in [0.4, 0.5) is 0 Å². The number of aliphatic hydroxyl groups is 2. The van der Waals surface area contributed by atoms with Crippen molar-refractivity contribution < 1.29 is 39.8 Å². The number of hydrogen-bond donors (Lipinski definition) is 8. The van der Waals surface area contributed by atoms with E-state index in [1.54, 1.807) is 24.3 Å². The van der Waals surface area contributed by atoms with Crippen LogP contribution in [0, 0.1) is 23.2 Å². The third kappa shape index (κ3) is 7.93. The summed E-state index contributed by atoms with van der Waals surface area (Å²) in [6.07, 6.45) is 5.91. The lowest BCUT2D eigenvalue weighted by Gasteiger charge is -2.50. The maximum absolute atomic E-state index is 15.2. The van der Waals surface area contributed by atoms with Gasteiger partial charge in [-0.1, -0.05) is 42.5 Å². The van der Waals surface area contributed by atoms with Gasteiger partial charge in [-0.3, -0.25) is 4.79 Å². The molecule has 11 heteroatoms. The van der Waals surface area contributed by atoms with Gasteiger partial charge in [0, 0.05) is 36.2 Å². The number of carbonyl (C=O) groups excluding carboxylic acids is 1. The molecule has 3 aromatic carbocycles. The minimum absolute atomic E-state index is 0.00200. The SMILES string of the molecule is COc1cc(CCC(O)C(C(=O)CCc2cc(O)c(O)c(OC)c2)C2(C3=CCNC(N)=C3)C(Cc3ccccc3)CC(O)C2Cc2ccc[nH]2)ccc1O. The highest BCUT2D eigenvalue weighted by Crippen LogP contribution is 2.61. The molecular weight excluding hydrogens is 686 g/mol. The molecular formula is C43H51N3O8. The Labute approximate surface area is 315 Å². The molecule has 1 aliphatic heterocycles. The summed E-state index contributed by atoms with van der Waals surface area (Å²) in [5.74, 6) is -1.87. The van der Waals surface area contributed by atoms with Gasteiger partial charge in [0.05, 0.1) is 38.2 Å². The molecule has 4 aromatic rings. The lowest BCUT2D eigenvalue weighted by atomic mass is 9.54. The van der Waals surface area contributed by atoms with Gasteiger partial charge in [0.1, 0.15) is 5.78 Å². The van der Waals surface area contributed by atoms with Gasteiger partial charge >= 0.3 is 0 Å². The molecule has 9 N–H and O–H groups in total. The van der Waals surface area contributed by atoms with Gasteiger partial charge in [-0.2, -0.15) is 0 Å². The summed E-state index contributed by atoms with van der Waals surface area (Å²) < 4.78 is 10.6. The summed E-state index contributed by atoms with van der Waals surface area (Å²) in [4.78, 5) is 18.6. The molecule has 0 radical (unpaired) electrons. The predicted molar refractivity (Wildman–Crippen MR) is 205 cm³/mol. The number of allylic oxidation sites excluding steroid dienone is 2. The van der Waals surface area contributed by atoms with E-state index in [2.05, 4.69) is 10.3 Å². The zero-order valence-corrected chi connectivity index (χ0v) is 30.7. The van der Waals surface area contributed by atoms with E-state index in [9.17, 15) is 25.5 Å². The second kappa shape index (κ2) is 16.7. The first-order valence-electron chi connectivity index (χ1n) is 18.5. The van der Waals surface area contributed by atoms with Gasteiger partial charge in [0.25, 0.3) is 0 Å². The minimum Gasteiger partial charge on any atom is -0.504 e. The molecule has 1 saturated carbocycles. The Kier molecular flexibility index (Phi) is 11.9. The highest BCUT2D eigenvalue weighted by atomic mass is 16.5. The predicted octanol–water partition coefficient (Wildman–Crippen LogP) is 5.06. The second-order valence-corrected chi connectivity index (χ2v) is 14.5. The van der Waals surface area contributed by atoms with Crippen LogP contribution in [0.1, 0.15) is 41.6 Å². The van der Waals surface area contributed by atoms with Crippen molar-refractivity contribution in [3.63, 3.8) is 0 Å². The number of ether oxygens (including phenoxy) is 2. The molecule has 11 nitrogen and oxygen atoms in total. The molecule has 2 aliphatic rings.